The number of amides is 1. The van der Waals surface area contributed by atoms with E-state index in [-0.39, 0.29) is 10.1 Å². The molecule has 9 heteroatoms. The summed E-state index contributed by atoms with van der Waals surface area (Å²) in [5.41, 5.74) is 1.62. The molecule has 2 aromatic rings. The van der Waals surface area contributed by atoms with Crippen LogP contribution in [-0.4, -0.2) is 47.0 Å². The smallest absolute Gasteiger partial charge is 0.271 e. The minimum absolute atomic E-state index is 0.226. The van der Waals surface area contributed by atoms with Gasteiger partial charge in [-0.1, -0.05) is 6.07 Å². The number of carbonyl (C=O) groups is 1. The maximum absolute atomic E-state index is 12.7. The Morgan fingerprint density at radius 3 is 2.69 bits per heavy atom. The normalized spacial score (nSPS) is 14.9. The highest BCUT2D eigenvalue weighted by Crippen LogP contribution is 2.30. The first-order chi connectivity index (χ1) is 12.5. The third-order valence-electron chi connectivity index (χ3n) is 4.06. The van der Waals surface area contributed by atoms with Crippen LogP contribution in [0, 0.1) is 0 Å². The Morgan fingerprint density at radius 1 is 1.27 bits per heavy atom. The second kappa shape index (κ2) is 8.07. The number of piperazine rings is 1. The maximum atomic E-state index is 12.7. The average molecular weight is 395 g/mol. The van der Waals surface area contributed by atoms with E-state index in [0.29, 0.717) is 17.8 Å². The fraction of sp³-hybridized carbons (Fsp3) is 0.353. The number of hydrogen-bond donors (Lipinski definition) is 3. The molecule has 2 heterocycles. The van der Waals surface area contributed by atoms with Crippen LogP contribution in [0.1, 0.15) is 17.3 Å². The van der Waals surface area contributed by atoms with Crippen LogP contribution in [0.25, 0.3) is 0 Å². The molecule has 1 saturated heterocycles. The first-order valence-corrected chi connectivity index (χ1v) is 10.8. The maximum Gasteiger partial charge on any atom is 0.271 e. The van der Waals surface area contributed by atoms with Gasteiger partial charge < -0.3 is 15.5 Å². The quantitative estimate of drug-likeness (QED) is 0.694. The van der Waals surface area contributed by atoms with Crippen LogP contribution in [-0.2, 0) is 10.0 Å². The van der Waals surface area contributed by atoms with E-state index in [4.69, 9.17) is 0 Å². The molecule has 3 N–H and O–H groups in total. The van der Waals surface area contributed by atoms with E-state index in [0.717, 1.165) is 43.2 Å². The molecule has 1 aliphatic rings. The molecule has 140 valence electrons. The SMILES string of the molecule is CCNC(=O)c1ccc(N2CCNCC2)c(NS(=O)(=O)c2cccs2)c1. The van der Waals surface area contributed by atoms with Crippen LogP contribution in [0.4, 0.5) is 11.4 Å². The predicted octanol–water partition coefficient (Wildman–Crippen LogP) is 1.71. The summed E-state index contributed by atoms with van der Waals surface area (Å²) in [4.78, 5) is 14.3. The summed E-state index contributed by atoms with van der Waals surface area (Å²) in [6.07, 6.45) is 0. The molecule has 3 rings (SSSR count). The summed E-state index contributed by atoms with van der Waals surface area (Å²) in [7, 11) is -3.69. The minimum atomic E-state index is -3.69. The van der Waals surface area contributed by atoms with Crippen molar-refractivity contribution in [2.75, 3.05) is 42.3 Å². The summed E-state index contributed by atoms with van der Waals surface area (Å²) in [6.45, 7) is 5.55. The third-order valence-corrected chi connectivity index (χ3v) is 6.82. The Morgan fingerprint density at radius 2 is 2.04 bits per heavy atom. The van der Waals surface area contributed by atoms with Crippen molar-refractivity contribution < 1.29 is 13.2 Å². The van der Waals surface area contributed by atoms with Gasteiger partial charge in [-0.15, -0.1) is 11.3 Å². The van der Waals surface area contributed by atoms with Crippen molar-refractivity contribution in [3.8, 4) is 0 Å². The molecule has 0 radical (unpaired) electrons. The lowest BCUT2D eigenvalue weighted by atomic mass is 10.1. The topological polar surface area (TPSA) is 90.5 Å². The zero-order valence-electron chi connectivity index (χ0n) is 14.5. The Bertz CT molecular complexity index is 860. The number of rotatable bonds is 6. The summed E-state index contributed by atoms with van der Waals surface area (Å²) >= 11 is 1.16. The molecule has 1 fully saturated rings. The zero-order valence-corrected chi connectivity index (χ0v) is 16.1. The number of anilines is 2. The number of hydrogen-bond acceptors (Lipinski definition) is 6. The first-order valence-electron chi connectivity index (χ1n) is 8.45. The second-order valence-electron chi connectivity index (χ2n) is 5.87. The van der Waals surface area contributed by atoms with E-state index in [9.17, 15) is 13.2 Å². The molecular formula is C17H22N4O3S2. The molecule has 0 bridgehead atoms. The van der Waals surface area contributed by atoms with E-state index >= 15 is 0 Å². The molecule has 0 spiro atoms. The Kier molecular flexibility index (Phi) is 5.80. The molecule has 1 aromatic heterocycles. The van der Waals surface area contributed by atoms with Crippen LogP contribution in [0.15, 0.2) is 39.9 Å². The van der Waals surface area contributed by atoms with Crippen LogP contribution in [0.3, 0.4) is 0 Å². The van der Waals surface area contributed by atoms with Gasteiger partial charge in [0.1, 0.15) is 4.21 Å². The largest absolute Gasteiger partial charge is 0.367 e. The van der Waals surface area contributed by atoms with Crippen LogP contribution < -0.4 is 20.3 Å². The Labute approximate surface area is 157 Å². The van der Waals surface area contributed by atoms with Crippen molar-refractivity contribution >= 4 is 38.6 Å². The van der Waals surface area contributed by atoms with Gasteiger partial charge >= 0.3 is 0 Å². The predicted molar refractivity (Wildman–Crippen MR) is 105 cm³/mol. The molecule has 0 unspecified atom stereocenters. The highest BCUT2D eigenvalue weighted by Gasteiger charge is 2.21. The highest BCUT2D eigenvalue weighted by molar-refractivity contribution is 7.94. The van der Waals surface area contributed by atoms with Gasteiger partial charge in [-0.3, -0.25) is 9.52 Å². The number of sulfonamides is 1. The van der Waals surface area contributed by atoms with Crippen LogP contribution >= 0.6 is 11.3 Å². The average Bonchev–Trinajstić information content (AvgIpc) is 3.18. The van der Waals surface area contributed by atoms with E-state index in [1.54, 1.807) is 29.6 Å². The van der Waals surface area contributed by atoms with Gasteiger partial charge in [-0.25, -0.2) is 8.42 Å². The van der Waals surface area contributed by atoms with E-state index in [2.05, 4.69) is 20.3 Å². The zero-order chi connectivity index (χ0) is 18.6. The van der Waals surface area contributed by atoms with Gasteiger partial charge in [0.2, 0.25) is 0 Å². The molecule has 0 aliphatic carbocycles. The molecule has 26 heavy (non-hydrogen) atoms. The fourth-order valence-electron chi connectivity index (χ4n) is 2.81. The van der Waals surface area contributed by atoms with Crippen molar-refractivity contribution in [3.05, 3.63) is 41.3 Å². The highest BCUT2D eigenvalue weighted by atomic mass is 32.2. The van der Waals surface area contributed by atoms with Gasteiger partial charge in [0.05, 0.1) is 11.4 Å². The van der Waals surface area contributed by atoms with Gasteiger partial charge in [0.25, 0.3) is 15.9 Å². The van der Waals surface area contributed by atoms with Gasteiger partial charge in [-0.05, 0) is 36.6 Å². The molecule has 1 aliphatic heterocycles. The van der Waals surface area contributed by atoms with Crippen LogP contribution in [0.5, 0.6) is 0 Å². The molecule has 0 saturated carbocycles. The summed E-state index contributed by atoms with van der Waals surface area (Å²) < 4.78 is 28.3. The lowest BCUT2D eigenvalue weighted by molar-refractivity contribution is 0.0956. The van der Waals surface area contributed by atoms with Crippen molar-refractivity contribution in [2.45, 2.75) is 11.1 Å². The van der Waals surface area contributed by atoms with E-state index in [1.807, 2.05) is 13.0 Å². The summed E-state index contributed by atoms with van der Waals surface area (Å²) in [5.74, 6) is -0.226. The monoisotopic (exact) mass is 394 g/mol. The van der Waals surface area contributed by atoms with Gasteiger partial charge in [0, 0.05) is 38.3 Å². The number of nitrogens with one attached hydrogen (secondary N) is 3. The lowest BCUT2D eigenvalue weighted by Gasteiger charge is -2.31. The lowest BCUT2D eigenvalue weighted by Crippen LogP contribution is -2.43. The van der Waals surface area contributed by atoms with Gasteiger partial charge in [-0.2, -0.15) is 0 Å². The van der Waals surface area contributed by atoms with E-state index < -0.39 is 10.0 Å². The number of benzene rings is 1. The third kappa shape index (κ3) is 4.17. The van der Waals surface area contributed by atoms with Crippen molar-refractivity contribution in [3.63, 3.8) is 0 Å². The van der Waals surface area contributed by atoms with E-state index in [1.165, 1.54) is 0 Å². The molecule has 7 nitrogen and oxygen atoms in total. The molecule has 1 amide bonds. The summed E-state index contributed by atoms with van der Waals surface area (Å²) in [5, 5.41) is 7.74. The number of nitrogens with zero attached hydrogens (tertiary/aromatic N) is 1. The molecule has 1 aromatic carbocycles. The molecule has 0 atom stereocenters. The second-order valence-corrected chi connectivity index (χ2v) is 8.72. The number of thiophene rings is 1. The summed E-state index contributed by atoms with van der Waals surface area (Å²) in [6, 6.07) is 8.40. The number of carbonyl (C=O) groups excluding carboxylic acids is 1. The molecular weight excluding hydrogens is 372 g/mol. The Hall–Kier alpha value is -2.10. The van der Waals surface area contributed by atoms with Crippen molar-refractivity contribution in [1.29, 1.82) is 0 Å². The van der Waals surface area contributed by atoms with Crippen LogP contribution in [0.2, 0.25) is 0 Å². The van der Waals surface area contributed by atoms with Crippen molar-refractivity contribution in [2.24, 2.45) is 0 Å². The standard InChI is InChI=1S/C17H22N4O3S2/c1-2-19-17(22)13-5-6-15(21-9-7-18-8-10-21)14(12-13)20-26(23,24)16-4-3-11-25-16/h3-6,11-12,18,20H,2,7-10H2,1H3,(H,19,22). The fourth-order valence-corrected chi connectivity index (χ4v) is 4.87. The first kappa shape index (κ1) is 18.7. The Balaban J connectivity index is 1.97. The van der Waals surface area contributed by atoms with Crippen molar-refractivity contribution in [1.82, 2.24) is 10.6 Å². The van der Waals surface area contributed by atoms with Gasteiger partial charge in [0.15, 0.2) is 0 Å². The minimum Gasteiger partial charge on any atom is -0.367 e.